The number of amides is 1. The molecule has 23 heavy (non-hydrogen) atoms. The molecule has 0 N–H and O–H groups in total. The molecule has 1 amide bonds. The van der Waals surface area contributed by atoms with E-state index >= 15 is 0 Å². The number of hydrogen-bond acceptors (Lipinski definition) is 6. The first-order valence-electron chi connectivity index (χ1n) is 7.68. The lowest BCUT2D eigenvalue weighted by Crippen LogP contribution is -2.49. The van der Waals surface area contributed by atoms with Gasteiger partial charge in [-0.25, -0.2) is 0 Å². The van der Waals surface area contributed by atoms with Crippen LogP contribution in [0, 0.1) is 6.92 Å². The fourth-order valence-electron chi connectivity index (χ4n) is 2.71. The highest BCUT2D eigenvalue weighted by molar-refractivity contribution is 5.92. The monoisotopic (exact) mass is 313 g/mol. The van der Waals surface area contributed by atoms with Crippen LogP contribution in [-0.4, -0.2) is 56.8 Å². The number of ether oxygens (including phenoxy) is 1. The Bertz CT molecular complexity index is 665. The molecule has 2 aromatic heterocycles. The van der Waals surface area contributed by atoms with Crippen LogP contribution in [0.2, 0.25) is 0 Å². The fraction of sp³-hybridized carbons (Fsp3) is 0.438. The molecule has 0 saturated carbocycles. The second-order valence-electron chi connectivity index (χ2n) is 5.46. The van der Waals surface area contributed by atoms with E-state index in [4.69, 9.17) is 4.74 Å². The molecule has 0 aliphatic carbocycles. The zero-order chi connectivity index (χ0) is 16.1. The van der Waals surface area contributed by atoms with Crippen LogP contribution in [-0.2, 0) is 11.2 Å². The normalized spacial score (nSPS) is 18.0. The summed E-state index contributed by atoms with van der Waals surface area (Å²) in [6.45, 7) is 3.60. The van der Waals surface area contributed by atoms with Gasteiger partial charge < -0.3 is 9.64 Å². The number of carbonyl (C=O) groups is 1. The van der Waals surface area contributed by atoms with Crippen molar-refractivity contribution in [1.29, 1.82) is 0 Å². The molecule has 0 spiro atoms. The second kappa shape index (κ2) is 7.23. The molecular formula is C16H19N5O2. The number of aryl methyl sites for hydroxylation is 2. The van der Waals surface area contributed by atoms with Crippen LogP contribution >= 0.6 is 0 Å². The molecule has 7 nitrogen and oxygen atoms in total. The summed E-state index contributed by atoms with van der Waals surface area (Å²) in [5, 5.41) is 7.70. The average Bonchev–Trinajstić information content (AvgIpc) is 2.61. The first kappa shape index (κ1) is 15.5. The van der Waals surface area contributed by atoms with Gasteiger partial charge in [0.25, 0.3) is 5.91 Å². The van der Waals surface area contributed by atoms with Gasteiger partial charge in [0, 0.05) is 25.1 Å². The van der Waals surface area contributed by atoms with Crippen molar-refractivity contribution in [3.05, 3.63) is 47.8 Å². The molecule has 0 aromatic carbocycles. The summed E-state index contributed by atoms with van der Waals surface area (Å²) in [7, 11) is 0. The summed E-state index contributed by atoms with van der Waals surface area (Å²) >= 11 is 0. The Morgan fingerprint density at radius 3 is 3.00 bits per heavy atom. The molecule has 120 valence electrons. The third kappa shape index (κ3) is 3.68. The molecule has 1 atom stereocenters. The van der Waals surface area contributed by atoms with E-state index < -0.39 is 0 Å². The number of nitrogens with zero attached hydrogens (tertiary/aromatic N) is 5. The van der Waals surface area contributed by atoms with Crippen molar-refractivity contribution in [2.75, 3.05) is 19.8 Å². The van der Waals surface area contributed by atoms with Crippen molar-refractivity contribution < 1.29 is 9.53 Å². The molecule has 1 saturated heterocycles. The fourth-order valence-corrected chi connectivity index (χ4v) is 2.71. The summed E-state index contributed by atoms with van der Waals surface area (Å²) in [6, 6.07) is 3.42. The van der Waals surface area contributed by atoms with Gasteiger partial charge in [0.2, 0.25) is 0 Å². The lowest BCUT2D eigenvalue weighted by Gasteiger charge is -2.35. The molecule has 3 rings (SSSR count). The first-order chi connectivity index (χ1) is 11.3. The van der Waals surface area contributed by atoms with Crippen molar-refractivity contribution in [2.45, 2.75) is 25.8 Å². The summed E-state index contributed by atoms with van der Waals surface area (Å²) in [5.74, 6) is -0.0951. The van der Waals surface area contributed by atoms with Gasteiger partial charge in [-0.3, -0.25) is 14.8 Å². The second-order valence-corrected chi connectivity index (χ2v) is 5.46. The Morgan fingerprint density at radius 2 is 2.22 bits per heavy atom. The average molecular weight is 313 g/mol. The lowest BCUT2D eigenvalue weighted by atomic mass is 10.1. The van der Waals surface area contributed by atoms with Crippen LogP contribution in [0.4, 0.5) is 0 Å². The molecule has 0 radical (unpaired) electrons. The summed E-state index contributed by atoms with van der Waals surface area (Å²) < 4.78 is 5.55. The molecule has 1 fully saturated rings. The largest absolute Gasteiger partial charge is 0.377 e. The molecule has 1 aliphatic rings. The Labute approximate surface area is 134 Å². The van der Waals surface area contributed by atoms with Gasteiger partial charge in [-0.1, -0.05) is 0 Å². The Kier molecular flexibility index (Phi) is 4.87. The maximum absolute atomic E-state index is 12.6. The van der Waals surface area contributed by atoms with E-state index in [0.717, 1.165) is 24.2 Å². The van der Waals surface area contributed by atoms with Crippen molar-refractivity contribution in [1.82, 2.24) is 25.1 Å². The van der Waals surface area contributed by atoms with Crippen LogP contribution in [0.25, 0.3) is 0 Å². The third-order valence-corrected chi connectivity index (χ3v) is 3.98. The van der Waals surface area contributed by atoms with Gasteiger partial charge >= 0.3 is 0 Å². The van der Waals surface area contributed by atoms with Crippen LogP contribution in [0.3, 0.4) is 0 Å². The zero-order valence-electron chi connectivity index (χ0n) is 13.1. The lowest BCUT2D eigenvalue weighted by molar-refractivity contribution is -0.00450. The predicted octanol–water partition coefficient (Wildman–Crippen LogP) is 1.05. The SMILES string of the molecule is Cc1nccnc1CC[C@@H]1COCCN1C(=O)c1cccnn1. The maximum atomic E-state index is 12.6. The Hall–Kier alpha value is -2.41. The first-order valence-corrected chi connectivity index (χ1v) is 7.68. The molecular weight excluding hydrogens is 294 g/mol. The predicted molar refractivity (Wildman–Crippen MR) is 82.8 cm³/mol. The molecule has 7 heteroatoms. The highest BCUT2D eigenvalue weighted by atomic mass is 16.5. The Morgan fingerprint density at radius 1 is 1.35 bits per heavy atom. The van der Waals surface area contributed by atoms with Crippen LogP contribution in [0.15, 0.2) is 30.7 Å². The van der Waals surface area contributed by atoms with E-state index in [1.54, 1.807) is 30.7 Å². The number of rotatable bonds is 4. The van der Waals surface area contributed by atoms with E-state index in [9.17, 15) is 4.79 Å². The van der Waals surface area contributed by atoms with Gasteiger partial charge in [-0.15, -0.1) is 5.10 Å². The number of carbonyl (C=O) groups excluding carboxylic acids is 1. The smallest absolute Gasteiger partial charge is 0.274 e. The van der Waals surface area contributed by atoms with E-state index in [2.05, 4.69) is 20.2 Å². The maximum Gasteiger partial charge on any atom is 0.274 e. The van der Waals surface area contributed by atoms with Crippen molar-refractivity contribution in [3.63, 3.8) is 0 Å². The van der Waals surface area contributed by atoms with Gasteiger partial charge in [0.1, 0.15) is 0 Å². The zero-order valence-corrected chi connectivity index (χ0v) is 13.1. The van der Waals surface area contributed by atoms with E-state index in [0.29, 0.717) is 25.5 Å². The van der Waals surface area contributed by atoms with Crippen molar-refractivity contribution in [2.24, 2.45) is 0 Å². The van der Waals surface area contributed by atoms with Gasteiger partial charge in [-0.2, -0.15) is 5.10 Å². The number of aromatic nitrogens is 4. The van der Waals surface area contributed by atoms with E-state index in [1.165, 1.54) is 0 Å². The number of morpholine rings is 1. The van der Waals surface area contributed by atoms with Crippen molar-refractivity contribution >= 4 is 5.91 Å². The summed E-state index contributed by atoms with van der Waals surface area (Å²) in [4.78, 5) is 23.1. The minimum atomic E-state index is -0.0951. The number of hydrogen-bond donors (Lipinski definition) is 0. The highest BCUT2D eigenvalue weighted by Gasteiger charge is 2.28. The minimum absolute atomic E-state index is 0.0136. The quantitative estimate of drug-likeness (QED) is 0.839. The Balaban J connectivity index is 1.69. The highest BCUT2D eigenvalue weighted by Crippen LogP contribution is 2.16. The minimum Gasteiger partial charge on any atom is -0.377 e. The summed E-state index contributed by atoms with van der Waals surface area (Å²) in [5.41, 5.74) is 2.26. The standard InChI is InChI=1S/C16H19N5O2/c1-12-14(18-8-7-17-12)5-4-13-11-23-10-9-21(13)16(22)15-3-2-6-19-20-15/h2-3,6-8,13H,4-5,9-11H2,1H3/t13-/m1/s1. The van der Waals surface area contributed by atoms with Gasteiger partial charge in [0.15, 0.2) is 5.69 Å². The third-order valence-electron chi connectivity index (χ3n) is 3.98. The van der Waals surface area contributed by atoms with Gasteiger partial charge in [0.05, 0.1) is 30.6 Å². The van der Waals surface area contributed by atoms with Crippen LogP contribution < -0.4 is 0 Å². The molecule has 3 heterocycles. The molecule has 2 aromatic rings. The van der Waals surface area contributed by atoms with Crippen LogP contribution in [0.5, 0.6) is 0 Å². The van der Waals surface area contributed by atoms with Gasteiger partial charge in [-0.05, 0) is 31.9 Å². The molecule has 0 unspecified atom stereocenters. The summed E-state index contributed by atoms with van der Waals surface area (Å²) in [6.07, 6.45) is 6.49. The van der Waals surface area contributed by atoms with Crippen molar-refractivity contribution in [3.8, 4) is 0 Å². The molecule has 1 aliphatic heterocycles. The van der Waals surface area contributed by atoms with Crippen LogP contribution in [0.1, 0.15) is 28.3 Å². The molecule has 0 bridgehead atoms. The van der Waals surface area contributed by atoms with E-state index in [-0.39, 0.29) is 11.9 Å². The topological polar surface area (TPSA) is 81.1 Å². The van der Waals surface area contributed by atoms with E-state index in [1.807, 2.05) is 11.8 Å².